The summed E-state index contributed by atoms with van der Waals surface area (Å²) < 4.78 is 1.89. The molecule has 0 saturated heterocycles. The molecule has 0 saturated carbocycles. The molecule has 0 aliphatic heterocycles. The van der Waals surface area contributed by atoms with Gasteiger partial charge in [-0.15, -0.1) is 16.4 Å². The fourth-order valence-electron chi connectivity index (χ4n) is 1.70. The van der Waals surface area contributed by atoms with Gasteiger partial charge in [0.05, 0.1) is 5.69 Å². The SMILES string of the molecule is Cc1cccc(-c2nc3scc(C)n3n2)c1. The van der Waals surface area contributed by atoms with Crippen molar-refractivity contribution < 1.29 is 0 Å². The zero-order valence-corrected chi connectivity index (χ0v) is 9.95. The highest BCUT2D eigenvalue weighted by Gasteiger charge is 2.08. The Kier molecular flexibility index (Phi) is 2.04. The molecule has 4 heteroatoms. The van der Waals surface area contributed by atoms with Crippen LogP contribution in [0.15, 0.2) is 29.6 Å². The summed E-state index contributed by atoms with van der Waals surface area (Å²) in [6, 6.07) is 8.26. The van der Waals surface area contributed by atoms with Crippen molar-refractivity contribution in [1.82, 2.24) is 14.6 Å². The summed E-state index contributed by atoms with van der Waals surface area (Å²) in [5, 5.41) is 6.56. The van der Waals surface area contributed by atoms with E-state index in [1.165, 1.54) is 5.56 Å². The van der Waals surface area contributed by atoms with Crippen molar-refractivity contribution in [2.75, 3.05) is 0 Å². The number of fused-ring (bicyclic) bond motifs is 1. The van der Waals surface area contributed by atoms with Crippen LogP contribution >= 0.6 is 11.3 Å². The van der Waals surface area contributed by atoms with E-state index in [0.717, 1.165) is 22.0 Å². The lowest BCUT2D eigenvalue weighted by Gasteiger charge is -1.96. The summed E-state index contributed by atoms with van der Waals surface area (Å²) >= 11 is 1.62. The highest BCUT2D eigenvalue weighted by Crippen LogP contribution is 2.20. The maximum absolute atomic E-state index is 4.52. The molecule has 1 aromatic carbocycles. The first kappa shape index (κ1) is 9.54. The molecule has 0 fully saturated rings. The number of hydrogen-bond donors (Lipinski definition) is 0. The summed E-state index contributed by atoms with van der Waals surface area (Å²) in [4.78, 5) is 5.47. The minimum atomic E-state index is 0.804. The third-order valence-electron chi connectivity index (χ3n) is 2.52. The topological polar surface area (TPSA) is 30.2 Å². The molecule has 0 unspecified atom stereocenters. The molecule has 0 bridgehead atoms. The van der Waals surface area contributed by atoms with E-state index in [4.69, 9.17) is 0 Å². The molecule has 0 N–H and O–H groups in total. The van der Waals surface area contributed by atoms with Gasteiger partial charge < -0.3 is 0 Å². The van der Waals surface area contributed by atoms with E-state index in [1.807, 2.05) is 23.6 Å². The molecule has 3 rings (SSSR count). The molecule has 3 nitrogen and oxygen atoms in total. The number of hydrogen-bond acceptors (Lipinski definition) is 3. The largest absolute Gasteiger partial charge is 0.212 e. The smallest absolute Gasteiger partial charge is 0.208 e. The van der Waals surface area contributed by atoms with Crippen molar-refractivity contribution in [1.29, 1.82) is 0 Å². The number of aryl methyl sites for hydroxylation is 2. The Bertz CT molecular complexity index is 651. The van der Waals surface area contributed by atoms with Crippen molar-refractivity contribution in [3.63, 3.8) is 0 Å². The van der Waals surface area contributed by atoms with Crippen molar-refractivity contribution in [3.05, 3.63) is 40.9 Å². The maximum Gasteiger partial charge on any atom is 0.212 e. The van der Waals surface area contributed by atoms with Crippen LogP contribution in [0.5, 0.6) is 0 Å². The van der Waals surface area contributed by atoms with Crippen LogP contribution in [0.3, 0.4) is 0 Å². The molecule has 0 spiro atoms. The number of aromatic nitrogens is 3. The molecule has 80 valence electrons. The van der Waals surface area contributed by atoms with E-state index in [0.29, 0.717) is 0 Å². The van der Waals surface area contributed by atoms with Crippen LogP contribution in [0.2, 0.25) is 0 Å². The van der Waals surface area contributed by atoms with E-state index in [2.05, 4.69) is 34.5 Å². The normalized spacial score (nSPS) is 11.1. The Morgan fingerprint density at radius 2 is 2.12 bits per heavy atom. The first-order valence-electron chi connectivity index (χ1n) is 5.12. The van der Waals surface area contributed by atoms with Crippen LogP contribution in [0.1, 0.15) is 11.3 Å². The predicted molar refractivity (Wildman–Crippen MR) is 65.8 cm³/mol. The van der Waals surface area contributed by atoms with Gasteiger partial charge in [0, 0.05) is 10.9 Å². The van der Waals surface area contributed by atoms with E-state index < -0.39 is 0 Å². The van der Waals surface area contributed by atoms with Crippen molar-refractivity contribution in [3.8, 4) is 11.4 Å². The van der Waals surface area contributed by atoms with Gasteiger partial charge in [-0.05, 0) is 19.9 Å². The number of nitrogens with zero attached hydrogens (tertiary/aromatic N) is 3. The van der Waals surface area contributed by atoms with Crippen molar-refractivity contribution in [2.45, 2.75) is 13.8 Å². The van der Waals surface area contributed by atoms with Gasteiger partial charge in [0.1, 0.15) is 0 Å². The third-order valence-corrected chi connectivity index (χ3v) is 3.46. The summed E-state index contributed by atoms with van der Waals surface area (Å²) in [5.74, 6) is 0.804. The zero-order chi connectivity index (χ0) is 11.1. The Morgan fingerprint density at radius 1 is 1.25 bits per heavy atom. The van der Waals surface area contributed by atoms with Gasteiger partial charge >= 0.3 is 0 Å². The minimum absolute atomic E-state index is 0.804. The van der Waals surface area contributed by atoms with Crippen LogP contribution in [-0.2, 0) is 0 Å². The lowest BCUT2D eigenvalue weighted by Crippen LogP contribution is -1.87. The van der Waals surface area contributed by atoms with Gasteiger partial charge in [0.25, 0.3) is 0 Å². The fraction of sp³-hybridized carbons (Fsp3) is 0.167. The Labute approximate surface area is 97.4 Å². The molecule has 0 aliphatic rings. The second kappa shape index (κ2) is 3.42. The molecular weight excluding hydrogens is 218 g/mol. The van der Waals surface area contributed by atoms with Crippen LogP contribution in [0.25, 0.3) is 16.3 Å². The van der Waals surface area contributed by atoms with E-state index in [-0.39, 0.29) is 0 Å². The Balaban J connectivity index is 2.19. The lowest BCUT2D eigenvalue weighted by molar-refractivity contribution is 0.936. The summed E-state index contributed by atoms with van der Waals surface area (Å²) in [5.41, 5.74) is 3.44. The quantitative estimate of drug-likeness (QED) is 0.642. The first-order chi connectivity index (χ1) is 7.74. The summed E-state index contributed by atoms with van der Waals surface area (Å²) in [7, 11) is 0. The maximum atomic E-state index is 4.52. The van der Waals surface area contributed by atoms with Crippen molar-refractivity contribution >= 4 is 16.3 Å². The summed E-state index contributed by atoms with van der Waals surface area (Å²) in [6.07, 6.45) is 0. The highest BCUT2D eigenvalue weighted by molar-refractivity contribution is 7.15. The van der Waals surface area contributed by atoms with E-state index in [9.17, 15) is 0 Å². The molecule has 2 heterocycles. The van der Waals surface area contributed by atoms with Gasteiger partial charge in [-0.3, -0.25) is 0 Å². The summed E-state index contributed by atoms with van der Waals surface area (Å²) in [6.45, 7) is 4.12. The predicted octanol–water partition coefficient (Wildman–Crippen LogP) is 3.07. The monoisotopic (exact) mass is 229 g/mol. The van der Waals surface area contributed by atoms with Crippen LogP contribution in [0.4, 0.5) is 0 Å². The van der Waals surface area contributed by atoms with Gasteiger partial charge in [0.2, 0.25) is 4.96 Å². The van der Waals surface area contributed by atoms with Crippen LogP contribution < -0.4 is 0 Å². The standard InChI is InChI=1S/C12H11N3S/c1-8-4-3-5-10(6-8)11-13-12-15(14-11)9(2)7-16-12/h3-7H,1-2H3. The number of rotatable bonds is 1. The molecule has 16 heavy (non-hydrogen) atoms. The van der Waals surface area contributed by atoms with Crippen LogP contribution in [0, 0.1) is 13.8 Å². The Morgan fingerprint density at radius 3 is 2.88 bits per heavy atom. The molecule has 0 radical (unpaired) electrons. The molecule has 0 aliphatic carbocycles. The second-order valence-electron chi connectivity index (χ2n) is 3.88. The van der Waals surface area contributed by atoms with Crippen molar-refractivity contribution in [2.24, 2.45) is 0 Å². The molecule has 0 atom stereocenters. The second-order valence-corrected chi connectivity index (χ2v) is 4.71. The Hall–Kier alpha value is -1.68. The minimum Gasteiger partial charge on any atom is -0.208 e. The molecular formula is C12H11N3S. The number of thiazole rings is 1. The van der Waals surface area contributed by atoms with Gasteiger partial charge in [-0.25, -0.2) is 4.52 Å². The lowest BCUT2D eigenvalue weighted by atomic mass is 10.1. The van der Waals surface area contributed by atoms with E-state index >= 15 is 0 Å². The first-order valence-corrected chi connectivity index (χ1v) is 6.00. The average molecular weight is 229 g/mol. The number of benzene rings is 1. The third kappa shape index (κ3) is 1.42. The van der Waals surface area contributed by atoms with Crippen LogP contribution in [-0.4, -0.2) is 14.6 Å². The zero-order valence-electron chi connectivity index (χ0n) is 9.14. The molecule has 3 aromatic rings. The molecule has 0 amide bonds. The van der Waals surface area contributed by atoms with Gasteiger partial charge in [-0.2, -0.15) is 4.98 Å². The highest BCUT2D eigenvalue weighted by atomic mass is 32.1. The van der Waals surface area contributed by atoms with E-state index in [1.54, 1.807) is 11.3 Å². The fourth-order valence-corrected chi connectivity index (χ4v) is 2.50. The van der Waals surface area contributed by atoms with Gasteiger partial charge in [0.15, 0.2) is 5.82 Å². The average Bonchev–Trinajstić information content (AvgIpc) is 2.81. The van der Waals surface area contributed by atoms with Gasteiger partial charge in [-0.1, -0.05) is 23.8 Å². The molecule has 2 aromatic heterocycles.